The van der Waals surface area contributed by atoms with E-state index in [9.17, 15) is 13.2 Å². The number of aromatic nitrogens is 2. The van der Waals surface area contributed by atoms with Gasteiger partial charge in [-0.15, -0.1) is 0 Å². The van der Waals surface area contributed by atoms with E-state index in [2.05, 4.69) is 9.97 Å². The van der Waals surface area contributed by atoms with E-state index in [0.29, 0.717) is 59.4 Å². The monoisotopic (exact) mass is 434 g/mol. The molecule has 0 aliphatic carbocycles. The number of rotatable bonds is 4. The molecule has 164 valence electrons. The molecule has 1 aliphatic heterocycles. The molecule has 31 heavy (non-hydrogen) atoms. The van der Waals surface area contributed by atoms with Gasteiger partial charge in [-0.3, -0.25) is 0 Å². The number of morpholine rings is 1. The number of nitrogens with zero attached hydrogens (tertiary/aromatic N) is 3. The predicted molar refractivity (Wildman–Crippen MR) is 109 cm³/mol. The van der Waals surface area contributed by atoms with Gasteiger partial charge in [0.1, 0.15) is 11.9 Å². The zero-order chi connectivity index (χ0) is 22.2. The SMILES string of the molecule is COc1cc2nc(N3CCOC(c4ccc(C(F)(F)F)cc4)C3)nc(N)c2cc1OC. The van der Waals surface area contributed by atoms with E-state index < -0.39 is 17.8 Å². The lowest BCUT2D eigenvalue weighted by Crippen LogP contribution is -2.39. The lowest BCUT2D eigenvalue weighted by atomic mass is 10.1. The smallest absolute Gasteiger partial charge is 0.416 e. The van der Waals surface area contributed by atoms with Gasteiger partial charge < -0.3 is 24.8 Å². The molecule has 1 aromatic heterocycles. The Morgan fingerprint density at radius 1 is 1.06 bits per heavy atom. The molecular weight excluding hydrogens is 413 g/mol. The summed E-state index contributed by atoms with van der Waals surface area (Å²) in [5.74, 6) is 1.74. The van der Waals surface area contributed by atoms with Crippen LogP contribution in [0.5, 0.6) is 11.5 Å². The number of hydrogen-bond donors (Lipinski definition) is 1. The molecule has 7 nitrogen and oxygen atoms in total. The van der Waals surface area contributed by atoms with Crippen LogP contribution in [0.3, 0.4) is 0 Å². The second-order valence-corrected chi connectivity index (χ2v) is 7.06. The Hall–Kier alpha value is -3.27. The van der Waals surface area contributed by atoms with Crippen molar-refractivity contribution in [2.75, 3.05) is 44.5 Å². The number of halogens is 3. The largest absolute Gasteiger partial charge is 0.493 e. The van der Waals surface area contributed by atoms with E-state index in [4.69, 9.17) is 19.9 Å². The third-order valence-electron chi connectivity index (χ3n) is 5.18. The van der Waals surface area contributed by atoms with Crippen molar-refractivity contribution in [2.45, 2.75) is 12.3 Å². The molecule has 1 atom stereocenters. The second-order valence-electron chi connectivity index (χ2n) is 7.06. The van der Waals surface area contributed by atoms with Gasteiger partial charge in [0.2, 0.25) is 5.95 Å². The third-order valence-corrected chi connectivity index (χ3v) is 5.18. The number of nitrogens with two attached hydrogens (primary N) is 1. The van der Waals surface area contributed by atoms with Crippen molar-refractivity contribution in [3.05, 3.63) is 47.5 Å². The van der Waals surface area contributed by atoms with Crippen LogP contribution >= 0.6 is 0 Å². The van der Waals surface area contributed by atoms with Gasteiger partial charge >= 0.3 is 6.18 Å². The summed E-state index contributed by atoms with van der Waals surface area (Å²) >= 11 is 0. The number of ether oxygens (including phenoxy) is 3. The predicted octanol–water partition coefficient (Wildman–Crippen LogP) is 3.83. The zero-order valence-electron chi connectivity index (χ0n) is 16.9. The average Bonchev–Trinajstić information content (AvgIpc) is 2.77. The lowest BCUT2D eigenvalue weighted by molar-refractivity contribution is -0.137. The fourth-order valence-electron chi connectivity index (χ4n) is 3.53. The summed E-state index contributed by atoms with van der Waals surface area (Å²) < 4.78 is 54.9. The number of alkyl halides is 3. The van der Waals surface area contributed by atoms with Crippen molar-refractivity contribution < 1.29 is 27.4 Å². The molecule has 2 heterocycles. The second kappa shape index (κ2) is 8.10. The number of hydrogen-bond acceptors (Lipinski definition) is 7. The highest BCUT2D eigenvalue weighted by Crippen LogP contribution is 2.35. The minimum atomic E-state index is -4.38. The Kier molecular flexibility index (Phi) is 5.48. The number of benzene rings is 2. The van der Waals surface area contributed by atoms with Gasteiger partial charge in [0, 0.05) is 18.0 Å². The summed E-state index contributed by atoms with van der Waals surface area (Å²) in [5, 5.41) is 0.633. The van der Waals surface area contributed by atoms with Gasteiger partial charge in [-0.1, -0.05) is 12.1 Å². The first-order chi connectivity index (χ1) is 14.8. The molecule has 4 rings (SSSR count). The Labute approximate surface area is 176 Å². The van der Waals surface area contributed by atoms with Crippen molar-refractivity contribution in [3.8, 4) is 11.5 Å². The van der Waals surface area contributed by atoms with Crippen LogP contribution in [0.1, 0.15) is 17.2 Å². The summed E-state index contributed by atoms with van der Waals surface area (Å²) in [5.41, 5.74) is 6.72. The van der Waals surface area contributed by atoms with Crippen LogP contribution in [0.25, 0.3) is 10.9 Å². The molecule has 0 spiro atoms. The topological polar surface area (TPSA) is 82.7 Å². The number of fused-ring (bicyclic) bond motifs is 1. The molecule has 1 fully saturated rings. The number of anilines is 2. The van der Waals surface area contributed by atoms with E-state index in [0.717, 1.165) is 12.1 Å². The Bertz CT molecular complexity index is 1090. The van der Waals surface area contributed by atoms with E-state index in [-0.39, 0.29) is 0 Å². The fraction of sp³-hybridized carbons (Fsp3) is 0.333. The van der Waals surface area contributed by atoms with Crippen molar-refractivity contribution in [1.29, 1.82) is 0 Å². The highest BCUT2D eigenvalue weighted by Gasteiger charge is 2.31. The molecule has 0 amide bonds. The molecule has 1 unspecified atom stereocenters. The van der Waals surface area contributed by atoms with Gasteiger partial charge in [-0.2, -0.15) is 18.2 Å². The number of nitrogen functional groups attached to an aromatic ring is 1. The number of methoxy groups -OCH3 is 2. The Balaban J connectivity index is 1.62. The normalized spacial score (nSPS) is 17.1. The highest BCUT2D eigenvalue weighted by molar-refractivity contribution is 5.91. The molecule has 1 saturated heterocycles. The molecule has 2 N–H and O–H groups in total. The molecule has 0 bridgehead atoms. The third kappa shape index (κ3) is 4.15. The van der Waals surface area contributed by atoms with E-state index in [1.54, 1.807) is 12.1 Å². The van der Waals surface area contributed by atoms with Crippen LogP contribution in [-0.4, -0.2) is 43.9 Å². The lowest BCUT2D eigenvalue weighted by Gasteiger charge is -2.33. The fourth-order valence-corrected chi connectivity index (χ4v) is 3.53. The zero-order valence-corrected chi connectivity index (χ0v) is 16.9. The molecular formula is C21H21F3N4O3. The highest BCUT2D eigenvalue weighted by atomic mass is 19.4. The Morgan fingerprint density at radius 2 is 1.74 bits per heavy atom. The summed E-state index contributed by atoms with van der Waals surface area (Å²) in [7, 11) is 3.07. The van der Waals surface area contributed by atoms with Crippen molar-refractivity contribution >= 4 is 22.7 Å². The summed E-state index contributed by atoms with van der Waals surface area (Å²) in [6.45, 7) is 1.28. The van der Waals surface area contributed by atoms with Crippen LogP contribution in [0.2, 0.25) is 0 Å². The van der Waals surface area contributed by atoms with Gasteiger partial charge in [0.25, 0.3) is 0 Å². The van der Waals surface area contributed by atoms with Crippen LogP contribution in [0.15, 0.2) is 36.4 Å². The maximum absolute atomic E-state index is 12.8. The van der Waals surface area contributed by atoms with Gasteiger partial charge in [-0.05, 0) is 23.8 Å². The average molecular weight is 434 g/mol. The van der Waals surface area contributed by atoms with Gasteiger partial charge in [0.15, 0.2) is 11.5 Å². The first kappa shape index (κ1) is 21.0. The molecule has 1 aliphatic rings. The van der Waals surface area contributed by atoms with E-state index >= 15 is 0 Å². The quantitative estimate of drug-likeness (QED) is 0.668. The van der Waals surface area contributed by atoms with E-state index in [1.165, 1.54) is 26.4 Å². The molecule has 0 saturated carbocycles. The standard InChI is InChI=1S/C21H21F3N4O3/c1-29-16-9-14-15(10-17(16)30-2)26-20(27-19(14)25)28-7-8-31-18(11-28)12-3-5-13(6-4-12)21(22,23)24/h3-6,9-10,18H,7-8,11H2,1-2H3,(H2,25,26,27). The van der Waals surface area contributed by atoms with Crippen LogP contribution in [0.4, 0.5) is 24.9 Å². The minimum absolute atomic E-state index is 0.290. The van der Waals surface area contributed by atoms with Gasteiger partial charge in [-0.25, -0.2) is 4.98 Å². The summed E-state index contributed by atoms with van der Waals surface area (Å²) in [6.07, 6.45) is -4.79. The Morgan fingerprint density at radius 3 is 2.39 bits per heavy atom. The van der Waals surface area contributed by atoms with Crippen molar-refractivity contribution in [1.82, 2.24) is 9.97 Å². The molecule has 0 radical (unpaired) electrons. The first-order valence-electron chi connectivity index (χ1n) is 9.53. The maximum Gasteiger partial charge on any atom is 0.416 e. The van der Waals surface area contributed by atoms with Gasteiger partial charge in [0.05, 0.1) is 38.5 Å². The van der Waals surface area contributed by atoms with Crippen LogP contribution in [-0.2, 0) is 10.9 Å². The first-order valence-corrected chi connectivity index (χ1v) is 9.53. The minimum Gasteiger partial charge on any atom is -0.493 e. The van der Waals surface area contributed by atoms with Crippen molar-refractivity contribution in [3.63, 3.8) is 0 Å². The molecule has 10 heteroatoms. The maximum atomic E-state index is 12.8. The summed E-state index contributed by atoms with van der Waals surface area (Å²) in [4.78, 5) is 10.9. The van der Waals surface area contributed by atoms with Crippen LogP contribution in [0, 0.1) is 0 Å². The van der Waals surface area contributed by atoms with Crippen molar-refractivity contribution in [2.24, 2.45) is 0 Å². The summed E-state index contributed by atoms with van der Waals surface area (Å²) in [6, 6.07) is 8.43. The van der Waals surface area contributed by atoms with E-state index in [1.807, 2.05) is 4.90 Å². The van der Waals surface area contributed by atoms with Crippen LogP contribution < -0.4 is 20.1 Å². The molecule has 3 aromatic rings. The molecule has 2 aromatic carbocycles.